The number of methoxy groups -OCH3 is 1. The van der Waals surface area contributed by atoms with Crippen molar-refractivity contribution in [3.63, 3.8) is 0 Å². The lowest BCUT2D eigenvalue weighted by molar-refractivity contribution is -0.141. The molecule has 2 aromatic heterocycles. The Bertz CT molecular complexity index is 1130. The van der Waals surface area contributed by atoms with Crippen molar-refractivity contribution in [1.29, 1.82) is 0 Å². The molecule has 0 spiro atoms. The van der Waals surface area contributed by atoms with Gasteiger partial charge in [-0.25, -0.2) is 4.39 Å². The average Bonchev–Trinajstić information content (AvgIpc) is 3.18. The summed E-state index contributed by atoms with van der Waals surface area (Å²) in [5, 5.41) is 7.26. The minimum absolute atomic E-state index is 0.109. The van der Waals surface area contributed by atoms with E-state index < -0.39 is 29.6 Å². The quantitative estimate of drug-likeness (QED) is 0.619. The summed E-state index contributed by atoms with van der Waals surface area (Å²) < 4.78 is 59.4. The zero-order valence-corrected chi connectivity index (χ0v) is 16.4. The van der Waals surface area contributed by atoms with Gasteiger partial charge in [0.1, 0.15) is 17.3 Å². The fourth-order valence-electron chi connectivity index (χ4n) is 3.57. The number of ether oxygens (including phenoxy) is 1. The van der Waals surface area contributed by atoms with Gasteiger partial charge < -0.3 is 10.1 Å². The van der Waals surface area contributed by atoms with Crippen molar-refractivity contribution in [1.82, 2.24) is 20.1 Å². The fourth-order valence-corrected chi connectivity index (χ4v) is 3.57. The largest absolute Gasteiger partial charge is 0.497 e. The van der Waals surface area contributed by atoms with Crippen molar-refractivity contribution in [2.45, 2.75) is 31.6 Å². The van der Waals surface area contributed by atoms with Crippen molar-refractivity contribution in [3.8, 4) is 17.0 Å². The molecule has 0 fully saturated rings. The van der Waals surface area contributed by atoms with E-state index in [-0.39, 0.29) is 16.9 Å². The standard InChI is InChI=1S/C21H18F4N4O2/c1-31-15-8-13(7-14(22)10-15)20(30)27-16-3-2-6-29-18(16)11-17(28-29)12-4-5-26-19(9-12)21(23,24)25/h4-5,7-11,16H,2-3,6H2,1H3,(H,27,30)/t16-/m0/s1. The molecule has 162 valence electrons. The minimum atomic E-state index is -4.56. The molecule has 1 atom stereocenters. The third-order valence-electron chi connectivity index (χ3n) is 5.05. The van der Waals surface area contributed by atoms with Gasteiger partial charge in [0.05, 0.1) is 24.5 Å². The van der Waals surface area contributed by atoms with Crippen LogP contribution in [0.25, 0.3) is 11.3 Å². The van der Waals surface area contributed by atoms with Crippen LogP contribution in [0.2, 0.25) is 0 Å². The van der Waals surface area contributed by atoms with Gasteiger partial charge in [0.15, 0.2) is 0 Å². The number of carbonyl (C=O) groups excluding carboxylic acids is 1. The fraction of sp³-hybridized carbons (Fsp3) is 0.286. The topological polar surface area (TPSA) is 69.0 Å². The highest BCUT2D eigenvalue weighted by Gasteiger charge is 2.33. The van der Waals surface area contributed by atoms with Crippen LogP contribution < -0.4 is 10.1 Å². The van der Waals surface area contributed by atoms with Gasteiger partial charge in [0.25, 0.3) is 5.91 Å². The molecule has 0 unspecified atom stereocenters. The van der Waals surface area contributed by atoms with Gasteiger partial charge in [-0.05, 0) is 43.2 Å². The third kappa shape index (κ3) is 4.37. The van der Waals surface area contributed by atoms with Crippen LogP contribution in [-0.2, 0) is 12.7 Å². The van der Waals surface area contributed by atoms with Crippen molar-refractivity contribution in [3.05, 3.63) is 65.4 Å². The zero-order chi connectivity index (χ0) is 22.2. The number of aromatic nitrogens is 3. The normalized spacial score (nSPS) is 16.0. The van der Waals surface area contributed by atoms with Gasteiger partial charge in [-0.1, -0.05) is 0 Å². The number of pyridine rings is 1. The second kappa shape index (κ2) is 8.01. The Labute approximate surface area is 174 Å². The molecule has 0 saturated heterocycles. The first-order valence-electron chi connectivity index (χ1n) is 9.51. The molecule has 1 aliphatic heterocycles. The van der Waals surface area contributed by atoms with Crippen LogP contribution in [0.15, 0.2) is 42.6 Å². The van der Waals surface area contributed by atoms with Gasteiger partial charge in [0, 0.05) is 29.9 Å². The van der Waals surface area contributed by atoms with Crippen molar-refractivity contribution >= 4 is 5.91 Å². The molecule has 3 heterocycles. The molecule has 4 rings (SSSR count). The SMILES string of the molecule is COc1cc(F)cc(C(=O)N[C@H]2CCCn3nc(-c4ccnc(C(F)(F)F)c4)cc32)c1. The Kier molecular flexibility index (Phi) is 5.38. The van der Waals surface area contributed by atoms with Crippen LogP contribution in [-0.4, -0.2) is 27.8 Å². The second-order valence-corrected chi connectivity index (χ2v) is 7.15. The maximum absolute atomic E-state index is 13.7. The van der Waals surface area contributed by atoms with Gasteiger partial charge in [-0.2, -0.15) is 18.3 Å². The molecular formula is C21H18F4N4O2. The Morgan fingerprint density at radius 1 is 1.23 bits per heavy atom. The predicted octanol–water partition coefficient (Wildman–Crippen LogP) is 4.38. The number of nitrogens with one attached hydrogen (secondary N) is 1. The molecule has 1 aliphatic rings. The number of rotatable bonds is 4. The molecule has 6 nitrogen and oxygen atoms in total. The highest BCUT2D eigenvalue weighted by atomic mass is 19.4. The summed E-state index contributed by atoms with van der Waals surface area (Å²) in [6, 6.07) is 7.35. The third-order valence-corrected chi connectivity index (χ3v) is 5.05. The van der Waals surface area contributed by atoms with Gasteiger partial charge in [0.2, 0.25) is 0 Å². The van der Waals surface area contributed by atoms with E-state index in [1.54, 1.807) is 10.7 Å². The van der Waals surface area contributed by atoms with Crippen LogP contribution in [0.3, 0.4) is 0 Å². The molecule has 0 saturated carbocycles. The second-order valence-electron chi connectivity index (χ2n) is 7.15. The van der Waals surface area contributed by atoms with Crippen LogP contribution in [0.5, 0.6) is 5.75 Å². The maximum Gasteiger partial charge on any atom is 0.433 e. The van der Waals surface area contributed by atoms with Gasteiger partial charge >= 0.3 is 6.18 Å². The highest BCUT2D eigenvalue weighted by Crippen LogP contribution is 2.33. The molecule has 31 heavy (non-hydrogen) atoms. The number of fused-ring (bicyclic) bond motifs is 1. The lowest BCUT2D eigenvalue weighted by Crippen LogP contribution is -2.32. The monoisotopic (exact) mass is 434 g/mol. The number of aryl methyl sites for hydroxylation is 1. The summed E-state index contributed by atoms with van der Waals surface area (Å²) in [7, 11) is 1.38. The smallest absolute Gasteiger partial charge is 0.433 e. The van der Waals surface area contributed by atoms with E-state index in [1.165, 1.54) is 25.3 Å². The van der Waals surface area contributed by atoms with Crippen LogP contribution in [0.4, 0.5) is 17.6 Å². The van der Waals surface area contributed by atoms with E-state index in [9.17, 15) is 22.4 Å². The first-order chi connectivity index (χ1) is 14.7. The highest BCUT2D eigenvalue weighted by molar-refractivity contribution is 5.94. The van der Waals surface area contributed by atoms with Crippen molar-refractivity contribution in [2.75, 3.05) is 7.11 Å². The Balaban J connectivity index is 1.60. The summed E-state index contributed by atoms with van der Waals surface area (Å²) in [5.74, 6) is -0.861. The Hall–Kier alpha value is -3.43. The lowest BCUT2D eigenvalue weighted by Gasteiger charge is -2.24. The molecule has 1 N–H and O–H groups in total. The van der Waals surface area contributed by atoms with E-state index >= 15 is 0 Å². The number of nitrogens with zero attached hydrogens (tertiary/aromatic N) is 3. The number of hydrogen-bond donors (Lipinski definition) is 1. The number of amides is 1. The van der Waals surface area contributed by atoms with E-state index in [0.29, 0.717) is 24.4 Å². The maximum atomic E-state index is 13.7. The molecule has 0 aliphatic carbocycles. The van der Waals surface area contributed by atoms with E-state index in [0.717, 1.165) is 24.8 Å². The van der Waals surface area contributed by atoms with E-state index in [4.69, 9.17) is 4.74 Å². The lowest BCUT2D eigenvalue weighted by atomic mass is 10.0. The first-order valence-corrected chi connectivity index (χ1v) is 9.51. The number of benzene rings is 1. The van der Waals surface area contributed by atoms with Crippen LogP contribution >= 0.6 is 0 Å². The number of alkyl halides is 3. The Morgan fingerprint density at radius 3 is 2.77 bits per heavy atom. The van der Waals surface area contributed by atoms with E-state index in [2.05, 4.69) is 15.4 Å². The summed E-state index contributed by atoms with van der Waals surface area (Å²) in [4.78, 5) is 16.0. The van der Waals surface area contributed by atoms with E-state index in [1.807, 2.05) is 0 Å². The molecule has 10 heteroatoms. The summed E-state index contributed by atoms with van der Waals surface area (Å²) >= 11 is 0. The summed E-state index contributed by atoms with van der Waals surface area (Å²) in [5.41, 5.74) is 0.419. The molecule has 3 aromatic rings. The van der Waals surface area contributed by atoms with Gasteiger partial charge in [-0.3, -0.25) is 14.5 Å². The Morgan fingerprint density at radius 2 is 2.03 bits per heavy atom. The van der Waals surface area contributed by atoms with Crippen molar-refractivity contribution in [2.24, 2.45) is 0 Å². The molecule has 0 bridgehead atoms. The molecule has 0 radical (unpaired) electrons. The van der Waals surface area contributed by atoms with Crippen molar-refractivity contribution < 1.29 is 27.1 Å². The average molecular weight is 434 g/mol. The summed E-state index contributed by atoms with van der Waals surface area (Å²) in [6.07, 6.45) is -2.13. The zero-order valence-electron chi connectivity index (χ0n) is 16.4. The first kappa shape index (κ1) is 20.8. The number of halogens is 4. The van der Waals surface area contributed by atoms with Gasteiger partial charge in [-0.15, -0.1) is 0 Å². The molecule has 1 amide bonds. The molecular weight excluding hydrogens is 416 g/mol. The van der Waals surface area contributed by atoms with Crippen LogP contribution in [0, 0.1) is 5.82 Å². The number of hydrogen-bond acceptors (Lipinski definition) is 4. The minimum Gasteiger partial charge on any atom is -0.497 e. The van der Waals surface area contributed by atoms with Crippen LogP contribution in [0.1, 0.15) is 40.6 Å². The predicted molar refractivity (Wildman–Crippen MR) is 103 cm³/mol. The molecule has 1 aromatic carbocycles. The summed E-state index contributed by atoms with van der Waals surface area (Å²) in [6.45, 7) is 0.576. The number of carbonyl (C=O) groups is 1.